The Morgan fingerprint density at radius 3 is 2.60 bits per heavy atom. The monoisotopic (exact) mass is 506 g/mol. The molecule has 11 heteroatoms. The lowest BCUT2D eigenvalue weighted by Crippen LogP contribution is -2.56. The van der Waals surface area contributed by atoms with Crippen LogP contribution in [0, 0.1) is 5.92 Å². The fourth-order valence-electron chi connectivity index (χ4n) is 4.63. The highest BCUT2D eigenvalue weighted by Gasteiger charge is 2.52. The van der Waals surface area contributed by atoms with Gasteiger partial charge in [-0.25, -0.2) is 0 Å². The van der Waals surface area contributed by atoms with Crippen molar-refractivity contribution < 1.29 is 29.0 Å². The van der Waals surface area contributed by atoms with Gasteiger partial charge >= 0.3 is 0 Å². The van der Waals surface area contributed by atoms with Crippen molar-refractivity contribution >= 4 is 36.3 Å². The van der Waals surface area contributed by atoms with E-state index in [-0.39, 0.29) is 55.6 Å². The number of thiol groups is 1. The van der Waals surface area contributed by atoms with Crippen LogP contribution < -0.4 is 20.7 Å². The van der Waals surface area contributed by atoms with Gasteiger partial charge in [-0.3, -0.25) is 19.2 Å². The molecule has 35 heavy (non-hydrogen) atoms. The second-order valence-electron chi connectivity index (χ2n) is 8.68. The number of ether oxygens (including phenoxy) is 1. The molecule has 0 aliphatic carbocycles. The number of hydrogen-bond acceptors (Lipinski definition) is 7. The standard InChI is InChI=1S/C24H34N4O6S/c29-10-11-34-17-7-5-6-16(12-17)22-18(13-19-24(33)27-14-21(31)28(19)22)23(32)26-9-4-2-1-3-8-25-20(30)15-35/h5-7,12,18-19,22,29,35H,1-4,8-11,13-15H2,(H,25,30)(H,26,32)(H,27,33)/t18-,19-,22-/m1/s1. The van der Waals surface area contributed by atoms with Gasteiger partial charge in [0.15, 0.2) is 0 Å². The van der Waals surface area contributed by atoms with Crippen LogP contribution in [0.4, 0.5) is 0 Å². The van der Waals surface area contributed by atoms with Gasteiger partial charge in [-0.05, 0) is 37.0 Å². The first-order chi connectivity index (χ1) is 17.0. The molecule has 3 atom stereocenters. The van der Waals surface area contributed by atoms with Gasteiger partial charge in [0.05, 0.1) is 30.9 Å². The van der Waals surface area contributed by atoms with Crippen molar-refractivity contribution in [2.24, 2.45) is 5.92 Å². The van der Waals surface area contributed by atoms with Crippen LogP contribution in [0.5, 0.6) is 5.75 Å². The van der Waals surface area contributed by atoms with Crippen LogP contribution in [0.1, 0.15) is 43.7 Å². The van der Waals surface area contributed by atoms with E-state index in [9.17, 15) is 19.2 Å². The summed E-state index contributed by atoms with van der Waals surface area (Å²) in [7, 11) is 0. The minimum Gasteiger partial charge on any atom is -0.491 e. The summed E-state index contributed by atoms with van der Waals surface area (Å²) in [6.07, 6.45) is 3.74. The predicted molar refractivity (Wildman–Crippen MR) is 132 cm³/mol. The average molecular weight is 507 g/mol. The Hall–Kier alpha value is -2.79. The van der Waals surface area contributed by atoms with Gasteiger partial charge in [0.2, 0.25) is 23.6 Å². The Labute approximate surface area is 210 Å². The minimum atomic E-state index is -0.688. The molecule has 2 aliphatic heterocycles. The van der Waals surface area contributed by atoms with Crippen molar-refractivity contribution in [3.8, 4) is 5.75 Å². The van der Waals surface area contributed by atoms with E-state index in [0.29, 0.717) is 18.8 Å². The molecule has 192 valence electrons. The number of aliphatic hydroxyl groups excluding tert-OH is 1. The van der Waals surface area contributed by atoms with Gasteiger partial charge in [0, 0.05) is 13.1 Å². The van der Waals surface area contributed by atoms with Crippen molar-refractivity contribution in [2.75, 3.05) is 38.6 Å². The average Bonchev–Trinajstić information content (AvgIpc) is 3.28. The zero-order valence-corrected chi connectivity index (χ0v) is 20.6. The second kappa shape index (κ2) is 13.3. The molecule has 10 nitrogen and oxygen atoms in total. The lowest BCUT2D eigenvalue weighted by Gasteiger charge is -2.34. The first-order valence-corrected chi connectivity index (χ1v) is 12.7. The molecule has 1 aromatic carbocycles. The highest BCUT2D eigenvalue weighted by molar-refractivity contribution is 7.81. The number of rotatable bonds is 13. The molecule has 0 aromatic heterocycles. The summed E-state index contributed by atoms with van der Waals surface area (Å²) >= 11 is 3.92. The van der Waals surface area contributed by atoms with Gasteiger partial charge in [0.25, 0.3) is 0 Å². The Morgan fingerprint density at radius 2 is 1.89 bits per heavy atom. The Bertz CT molecular complexity index is 914. The zero-order valence-electron chi connectivity index (χ0n) is 19.7. The Balaban J connectivity index is 1.61. The van der Waals surface area contributed by atoms with E-state index < -0.39 is 18.0 Å². The normalized spacial score (nSPS) is 21.3. The molecule has 0 unspecified atom stereocenters. The summed E-state index contributed by atoms with van der Waals surface area (Å²) in [5.74, 6) is -0.603. The first-order valence-electron chi connectivity index (χ1n) is 12.0. The molecular formula is C24H34N4O6S. The molecule has 0 bridgehead atoms. The van der Waals surface area contributed by atoms with Crippen molar-refractivity contribution in [3.63, 3.8) is 0 Å². The number of benzene rings is 1. The molecule has 0 spiro atoms. The van der Waals surface area contributed by atoms with E-state index in [1.54, 1.807) is 18.2 Å². The maximum atomic E-state index is 13.2. The summed E-state index contributed by atoms with van der Waals surface area (Å²) in [6.45, 7) is 1.03. The third kappa shape index (κ3) is 7.11. The van der Waals surface area contributed by atoms with Crippen molar-refractivity contribution in [1.82, 2.24) is 20.9 Å². The van der Waals surface area contributed by atoms with E-state index in [2.05, 4.69) is 28.6 Å². The summed E-state index contributed by atoms with van der Waals surface area (Å²) in [5.41, 5.74) is 0.717. The lowest BCUT2D eigenvalue weighted by atomic mass is 9.92. The molecular weight excluding hydrogens is 472 g/mol. The molecule has 0 radical (unpaired) electrons. The second-order valence-corrected chi connectivity index (χ2v) is 9.00. The number of amides is 4. The topological polar surface area (TPSA) is 137 Å². The smallest absolute Gasteiger partial charge is 0.243 e. The van der Waals surface area contributed by atoms with Crippen LogP contribution in [-0.2, 0) is 19.2 Å². The number of nitrogens with one attached hydrogen (secondary N) is 3. The fourth-order valence-corrected chi connectivity index (χ4v) is 4.74. The summed E-state index contributed by atoms with van der Waals surface area (Å²) in [5, 5.41) is 17.4. The molecule has 2 saturated heterocycles. The van der Waals surface area contributed by atoms with Gasteiger partial charge < -0.3 is 30.7 Å². The van der Waals surface area contributed by atoms with Crippen LogP contribution in [0.3, 0.4) is 0 Å². The molecule has 1 aromatic rings. The molecule has 0 saturated carbocycles. The van der Waals surface area contributed by atoms with E-state index in [4.69, 9.17) is 9.84 Å². The highest BCUT2D eigenvalue weighted by Crippen LogP contribution is 2.43. The number of carbonyl (C=O) groups is 4. The van der Waals surface area contributed by atoms with Crippen LogP contribution in [0.2, 0.25) is 0 Å². The van der Waals surface area contributed by atoms with E-state index in [0.717, 1.165) is 31.2 Å². The third-order valence-electron chi connectivity index (χ3n) is 6.26. The fraction of sp³-hybridized carbons (Fsp3) is 0.583. The maximum Gasteiger partial charge on any atom is 0.243 e. The van der Waals surface area contributed by atoms with Gasteiger partial charge in [0.1, 0.15) is 18.4 Å². The van der Waals surface area contributed by atoms with Gasteiger partial charge in [-0.15, -0.1) is 0 Å². The molecule has 3 rings (SSSR count). The number of unbranched alkanes of at least 4 members (excludes halogenated alkanes) is 3. The van der Waals surface area contributed by atoms with Gasteiger partial charge in [-0.1, -0.05) is 25.0 Å². The molecule has 4 N–H and O–H groups in total. The van der Waals surface area contributed by atoms with Crippen molar-refractivity contribution in [2.45, 2.75) is 44.2 Å². The molecule has 2 heterocycles. The summed E-state index contributed by atoms with van der Waals surface area (Å²) < 4.78 is 5.51. The van der Waals surface area contributed by atoms with E-state index in [1.165, 1.54) is 4.90 Å². The predicted octanol–water partition coefficient (Wildman–Crippen LogP) is 0.168. The molecule has 2 aliphatic rings. The van der Waals surface area contributed by atoms with Crippen molar-refractivity contribution in [3.05, 3.63) is 29.8 Å². The van der Waals surface area contributed by atoms with E-state index in [1.807, 2.05) is 6.07 Å². The Morgan fingerprint density at radius 1 is 1.14 bits per heavy atom. The Kier molecular flexibility index (Phi) is 10.2. The largest absolute Gasteiger partial charge is 0.491 e. The third-order valence-corrected chi connectivity index (χ3v) is 6.55. The lowest BCUT2D eigenvalue weighted by molar-refractivity contribution is -0.145. The van der Waals surface area contributed by atoms with E-state index >= 15 is 0 Å². The summed E-state index contributed by atoms with van der Waals surface area (Å²) in [4.78, 5) is 51.2. The first kappa shape index (κ1) is 26.8. The van der Waals surface area contributed by atoms with Crippen LogP contribution in [-0.4, -0.2) is 78.3 Å². The maximum absolute atomic E-state index is 13.2. The van der Waals surface area contributed by atoms with Crippen molar-refractivity contribution in [1.29, 1.82) is 0 Å². The number of aliphatic hydroxyl groups is 1. The van der Waals surface area contributed by atoms with Gasteiger partial charge in [-0.2, -0.15) is 12.6 Å². The number of hydrogen-bond donors (Lipinski definition) is 5. The zero-order chi connectivity index (χ0) is 25.2. The summed E-state index contributed by atoms with van der Waals surface area (Å²) in [6, 6.07) is 5.84. The number of nitrogens with zero attached hydrogens (tertiary/aromatic N) is 1. The molecule has 2 fully saturated rings. The molecule has 4 amide bonds. The number of fused-ring (bicyclic) bond motifs is 1. The highest BCUT2D eigenvalue weighted by atomic mass is 32.1. The quantitative estimate of drug-likeness (QED) is 0.191. The van der Waals surface area contributed by atoms with Crippen LogP contribution >= 0.6 is 12.6 Å². The minimum absolute atomic E-state index is 0.0827. The van der Waals surface area contributed by atoms with Crippen LogP contribution in [0.15, 0.2) is 24.3 Å². The van der Waals surface area contributed by atoms with Crippen LogP contribution in [0.25, 0.3) is 0 Å². The SMILES string of the molecule is O=C(CS)NCCCCCCNC(=O)[C@@H]1C[C@@H]2C(=O)NCC(=O)N2[C@@H]1c1cccc(OCCO)c1. The number of carbonyl (C=O) groups excluding carboxylic acids is 4. The number of piperazine rings is 1.